The summed E-state index contributed by atoms with van der Waals surface area (Å²) in [5.41, 5.74) is 4.21. The Bertz CT molecular complexity index is 1370. The van der Waals surface area contributed by atoms with Crippen molar-refractivity contribution in [3.05, 3.63) is 88.2 Å². The predicted octanol–water partition coefficient (Wildman–Crippen LogP) is 5.64. The van der Waals surface area contributed by atoms with Gasteiger partial charge >= 0.3 is 0 Å². The molecule has 0 spiro atoms. The van der Waals surface area contributed by atoms with Gasteiger partial charge in [-0.3, -0.25) is 14.2 Å². The van der Waals surface area contributed by atoms with Crippen molar-refractivity contribution in [1.29, 1.82) is 0 Å². The number of ether oxygens (including phenoxy) is 1. The molecule has 1 aromatic heterocycles. The molecule has 0 atom stereocenters. The van der Waals surface area contributed by atoms with Crippen molar-refractivity contribution < 1.29 is 9.53 Å². The molecule has 0 aliphatic rings. The van der Waals surface area contributed by atoms with Gasteiger partial charge in [0.15, 0.2) is 5.16 Å². The monoisotopic (exact) mass is 487 g/mol. The first kappa shape index (κ1) is 24.5. The minimum atomic E-state index is -0.174. The first-order valence-corrected chi connectivity index (χ1v) is 12.8. The number of hydrogen-bond donors (Lipinski definition) is 1. The number of nitrogens with one attached hydrogen (secondary N) is 1. The van der Waals surface area contributed by atoms with Crippen LogP contribution >= 0.6 is 11.8 Å². The van der Waals surface area contributed by atoms with E-state index < -0.39 is 0 Å². The zero-order chi connectivity index (χ0) is 24.8. The molecular weight excluding hydrogens is 458 g/mol. The second kappa shape index (κ2) is 11.2. The Hall–Kier alpha value is -3.58. The van der Waals surface area contributed by atoms with Gasteiger partial charge in [-0.05, 0) is 67.3 Å². The Labute approximate surface area is 209 Å². The summed E-state index contributed by atoms with van der Waals surface area (Å²) in [6, 6.07) is 20.7. The summed E-state index contributed by atoms with van der Waals surface area (Å²) in [7, 11) is 0. The predicted molar refractivity (Wildman–Crippen MR) is 143 cm³/mol. The molecule has 0 fully saturated rings. The van der Waals surface area contributed by atoms with Crippen LogP contribution in [0.25, 0.3) is 16.6 Å². The molecule has 7 heteroatoms. The number of fused-ring (bicyclic) bond motifs is 1. The fourth-order valence-electron chi connectivity index (χ4n) is 4.00. The molecule has 1 heterocycles. The van der Waals surface area contributed by atoms with Crippen LogP contribution in [0, 0.1) is 0 Å². The number of anilines is 1. The van der Waals surface area contributed by atoms with E-state index in [1.165, 1.54) is 11.8 Å². The smallest absolute Gasteiger partial charge is 0.266 e. The summed E-state index contributed by atoms with van der Waals surface area (Å²) in [6.45, 7) is 6.64. The standard InChI is InChI=1S/C28H29N3O3S/c1-4-19-10-9-11-20(5-2)26(19)30-25(32)18-35-28-29-24-13-8-7-12-23(24)27(33)31(28)21-14-16-22(17-15-21)34-6-3/h7-17H,4-6,18H2,1-3H3,(H,30,32). The van der Waals surface area contributed by atoms with Crippen LogP contribution < -0.4 is 15.6 Å². The van der Waals surface area contributed by atoms with Crippen LogP contribution in [0.3, 0.4) is 0 Å². The third-order valence-electron chi connectivity index (χ3n) is 5.75. The number of amides is 1. The molecule has 6 nitrogen and oxygen atoms in total. The lowest BCUT2D eigenvalue weighted by Gasteiger charge is -2.16. The third-order valence-corrected chi connectivity index (χ3v) is 6.69. The van der Waals surface area contributed by atoms with Gasteiger partial charge in [0, 0.05) is 5.69 Å². The number of aromatic nitrogens is 2. The average molecular weight is 488 g/mol. The van der Waals surface area contributed by atoms with E-state index in [1.807, 2.05) is 67.6 Å². The number of hydrogen-bond acceptors (Lipinski definition) is 5. The minimum Gasteiger partial charge on any atom is -0.494 e. The van der Waals surface area contributed by atoms with Crippen LogP contribution in [0.2, 0.25) is 0 Å². The summed E-state index contributed by atoms with van der Waals surface area (Å²) in [4.78, 5) is 31.1. The fraction of sp³-hybridized carbons (Fsp3) is 0.250. The summed E-state index contributed by atoms with van der Waals surface area (Å²) < 4.78 is 7.10. The molecule has 0 bridgehead atoms. The zero-order valence-corrected chi connectivity index (χ0v) is 21.0. The van der Waals surface area contributed by atoms with Gasteiger partial charge in [-0.25, -0.2) is 4.98 Å². The van der Waals surface area contributed by atoms with Crippen molar-refractivity contribution >= 4 is 34.3 Å². The number of benzene rings is 3. The maximum absolute atomic E-state index is 13.4. The highest BCUT2D eigenvalue weighted by Crippen LogP contribution is 2.25. The van der Waals surface area contributed by atoms with E-state index in [0.717, 1.165) is 35.4 Å². The Morgan fingerprint density at radius 3 is 2.29 bits per heavy atom. The largest absolute Gasteiger partial charge is 0.494 e. The molecule has 4 rings (SSSR count). The Morgan fingerprint density at radius 2 is 1.63 bits per heavy atom. The first-order valence-electron chi connectivity index (χ1n) is 11.8. The molecular formula is C28H29N3O3S. The van der Waals surface area contributed by atoms with Gasteiger partial charge in [-0.15, -0.1) is 0 Å². The number of thioether (sulfide) groups is 1. The highest BCUT2D eigenvalue weighted by Gasteiger charge is 2.16. The highest BCUT2D eigenvalue weighted by atomic mass is 32.2. The molecule has 0 unspecified atom stereocenters. The number of carbonyl (C=O) groups excluding carboxylic acids is 1. The number of para-hydroxylation sites is 2. The quantitative estimate of drug-likeness (QED) is 0.244. The molecule has 0 radical (unpaired) electrons. The van der Waals surface area contributed by atoms with Gasteiger partial charge in [0.05, 0.1) is 29.0 Å². The molecule has 3 aromatic carbocycles. The fourth-order valence-corrected chi connectivity index (χ4v) is 4.82. The summed E-state index contributed by atoms with van der Waals surface area (Å²) >= 11 is 1.25. The van der Waals surface area contributed by atoms with Crippen LogP contribution in [0.4, 0.5) is 5.69 Å². The SMILES string of the molecule is CCOc1ccc(-n2c(SCC(=O)Nc3c(CC)cccc3CC)nc3ccccc3c2=O)cc1. The third kappa shape index (κ3) is 5.41. The van der Waals surface area contributed by atoms with Crippen molar-refractivity contribution in [2.75, 3.05) is 17.7 Å². The Kier molecular flexibility index (Phi) is 7.87. The van der Waals surface area contributed by atoms with Crippen LogP contribution in [-0.2, 0) is 17.6 Å². The molecule has 0 aliphatic heterocycles. The van der Waals surface area contributed by atoms with Gasteiger partial charge in [0.25, 0.3) is 5.56 Å². The van der Waals surface area contributed by atoms with E-state index >= 15 is 0 Å². The second-order valence-corrected chi connectivity index (χ2v) is 8.92. The molecule has 0 aliphatic carbocycles. The lowest BCUT2D eigenvalue weighted by molar-refractivity contribution is -0.113. The van der Waals surface area contributed by atoms with Crippen molar-refractivity contribution in [1.82, 2.24) is 9.55 Å². The normalized spacial score (nSPS) is 10.9. The lowest BCUT2D eigenvalue weighted by Crippen LogP contribution is -2.23. The average Bonchev–Trinajstić information content (AvgIpc) is 2.88. The molecule has 0 saturated heterocycles. The first-order chi connectivity index (χ1) is 17.0. The van der Waals surface area contributed by atoms with Gasteiger partial charge in [0.2, 0.25) is 5.91 Å². The Balaban J connectivity index is 1.66. The van der Waals surface area contributed by atoms with Crippen LogP contribution in [0.15, 0.2) is 76.7 Å². The van der Waals surface area contributed by atoms with Gasteiger partial charge in [0.1, 0.15) is 5.75 Å². The van der Waals surface area contributed by atoms with E-state index in [0.29, 0.717) is 28.4 Å². The molecule has 35 heavy (non-hydrogen) atoms. The van der Waals surface area contributed by atoms with Gasteiger partial charge in [-0.2, -0.15) is 0 Å². The summed E-state index contributed by atoms with van der Waals surface area (Å²) in [6.07, 6.45) is 1.67. The maximum atomic E-state index is 13.4. The van der Waals surface area contributed by atoms with E-state index in [1.54, 1.807) is 10.6 Å². The molecule has 4 aromatic rings. The topological polar surface area (TPSA) is 73.2 Å². The molecule has 0 saturated carbocycles. The molecule has 1 amide bonds. The van der Waals surface area contributed by atoms with Gasteiger partial charge < -0.3 is 10.1 Å². The van der Waals surface area contributed by atoms with E-state index in [-0.39, 0.29) is 17.2 Å². The number of nitrogens with zero attached hydrogens (tertiary/aromatic N) is 2. The van der Waals surface area contributed by atoms with E-state index in [9.17, 15) is 9.59 Å². The maximum Gasteiger partial charge on any atom is 0.266 e. The Morgan fingerprint density at radius 1 is 0.943 bits per heavy atom. The molecule has 180 valence electrons. The van der Waals surface area contributed by atoms with Crippen LogP contribution in [0.5, 0.6) is 5.75 Å². The summed E-state index contributed by atoms with van der Waals surface area (Å²) in [5, 5.41) is 4.09. The zero-order valence-electron chi connectivity index (χ0n) is 20.2. The van der Waals surface area contributed by atoms with Crippen molar-refractivity contribution in [2.45, 2.75) is 38.8 Å². The van der Waals surface area contributed by atoms with Crippen LogP contribution in [0.1, 0.15) is 31.9 Å². The minimum absolute atomic E-state index is 0.128. The van der Waals surface area contributed by atoms with Gasteiger partial charge in [-0.1, -0.05) is 55.9 Å². The van der Waals surface area contributed by atoms with Crippen molar-refractivity contribution in [3.8, 4) is 11.4 Å². The highest BCUT2D eigenvalue weighted by molar-refractivity contribution is 7.99. The number of aryl methyl sites for hydroxylation is 2. The van der Waals surface area contributed by atoms with Crippen molar-refractivity contribution in [3.63, 3.8) is 0 Å². The summed E-state index contributed by atoms with van der Waals surface area (Å²) in [5.74, 6) is 0.724. The van der Waals surface area contributed by atoms with Crippen LogP contribution in [-0.4, -0.2) is 27.8 Å². The number of carbonyl (C=O) groups is 1. The van der Waals surface area contributed by atoms with E-state index in [2.05, 4.69) is 19.2 Å². The van der Waals surface area contributed by atoms with E-state index in [4.69, 9.17) is 9.72 Å². The molecule has 1 N–H and O–H groups in total. The lowest BCUT2D eigenvalue weighted by atomic mass is 10.0. The second-order valence-electron chi connectivity index (χ2n) is 7.97. The number of rotatable bonds is 9. The van der Waals surface area contributed by atoms with Crippen molar-refractivity contribution in [2.24, 2.45) is 0 Å².